The zero-order valence-electron chi connectivity index (χ0n) is 36.4. The Morgan fingerprint density at radius 1 is 0.453 bits per heavy atom. The van der Waals surface area contributed by atoms with Crippen molar-refractivity contribution in [3.63, 3.8) is 0 Å². The minimum atomic E-state index is -0.634. The molecule has 5 heteroatoms. The molecule has 5 nitrogen and oxygen atoms in total. The molecule has 6 aromatic carbocycles. The van der Waals surface area contributed by atoms with Crippen LogP contribution in [0.1, 0.15) is 92.2 Å². The van der Waals surface area contributed by atoms with Gasteiger partial charge in [0.2, 0.25) is 0 Å². The third-order valence-electron chi connectivity index (χ3n) is 15.0. The highest BCUT2D eigenvalue weighted by Gasteiger charge is 2.58. The fourth-order valence-electron chi connectivity index (χ4n) is 12.4. The molecule has 3 unspecified atom stereocenters. The van der Waals surface area contributed by atoms with Crippen LogP contribution in [0.4, 0.5) is 0 Å². The predicted octanol–water partition coefficient (Wildman–Crippen LogP) is 13.8. The third-order valence-corrected chi connectivity index (χ3v) is 15.0. The number of ether oxygens (including phenoxy) is 1. The SMILES string of the molecule is CCCCC1(CC2(CC3(CCC(=O)OCC)c4ccccc4-c4nc5ccccc5cc43)c3ccccc3-c3nc4ccccc4cc32)c2ccccc2-c2nc3ccccc3cc21. The van der Waals surface area contributed by atoms with Crippen molar-refractivity contribution in [1.29, 1.82) is 0 Å². The lowest BCUT2D eigenvalue weighted by Crippen LogP contribution is -2.43. The van der Waals surface area contributed by atoms with E-state index in [1.807, 2.05) is 6.92 Å². The molecule has 0 aliphatic heterocycles. The van der Waals surface area contributed by atoms with Crippen LogP contribution in [0.15, 0.2) is 164 Å². The molecule has 0 spiro atoms. The summed E-state index contributed by atoms with van der Waals surface area (Å²) in [5.41, 5.74) is 15.6. The molecule has 0 bridgehead atoms. The molecule has 0 saturated heterocycles. The molecular weight excluding hydrogens is 783 g/mol. The van der Waals surface area contributed by atoms with Gasteiger partial charge in [0.1, 0.15) is 0 Å². The van der Waals surface area contributed by atoms with Gasteiger partial charge in [-0.2, -0.15) is 0 Å². The Kier molecular flexibility index (Phi) is 8.95. The maximum atomic E-state index is 13.8. The van der Waals surface area contributed by atoms with Crippen LogP contribution in [0, 0.1) is 0 Å². The van der Waals surface area contributed by atoms with Gasteiger partial charge in [-0.1, -0.05) is 147 Å². The van der Waals surface area contributed by atoms with Gasteiger partial charge >= 0.3 is 5.97 Å². The Hall–Kier alpha value is -6.98. The van der Waals surface area contributed by atoms with Crippen molar-refractivity contribution in [1.82, 2.24) is 15.0 Å². The molecule has 0 amide bonds. The van der Waals surface area contributed by atoms with Gasteiger partial charge in [0.25, 0.3) is 0 Å². The standard InChI is InChI=1S/C59H49N3O2/c1-3-5-31-57(44-24-12-9-21-41(44)54-47(57)33-38-18-6-15-27-50(38)60-54)36-59(46-26-14-11-23-43(46)56-49(59)35-40-20-8-17-29-52(40)62-56)37-58(32-30-53(63)64-4-2)45-25-13-10-22-42(45)55-48(58)34-39-19-7-16-28-51(39)61-55/h6-29,33-35H,3-5,30-32,36-37H2,1-2H3. The van der Waals surface area contributed by atoms with Crippen LogP contribution in [-0.4, -0.2) is 27.5 Å². The summed E-state index contributed by atoms with van der Waals surface area (Å²) in [6, 6.07) is 60.0. The smallest absolute Gasteiger partial charge is 0.305 e. The molecule has 0 fully saturated rings. The molecule has 0 radical (unpaired) electrons. The van der Waals surface area contributed by atoms with Crippen LogP contribution in [0.2, 0.25) is 0 Å². The summed E-state index contributed by atoms with van der Waals surface area (Å²) in [4.78, 5) is 30.4. The highest BCUT2D eigenvalue weighted by molar-refractivity contribution is 5.93. The number of pyridine rings is 3. The second kappa shape index (κ2) is 14.8. The Labute approximate surface area is 374 Å². The van der Waals surface area contributed by atoms with Crippen molar-refractivity contribution < 1.29 is 9.53 Å². The van der Waals surface area contributed by atoms with Gasteiger partial charge in [0, 0.05) is 55.5 Å². The van der Waals surface area contributed by atoms with Crippen LogP contribution in [0.25, 0.3) is 66.5 Å². The highest BCUT2D eigenvalue weighted by Crippen LogP contribution is 2.66. The lowest BCUT2D eigenvalue weighted by molar-refractivity contribution is -0.143. The minimum absolute atomic E-state index is 0.175. The van der Waals surface area contributed by atoms with Crippen molar-refractivity contribution in [2.45, 2.75) is 75.0 Å². The van der Waals surface area contributed by atoms with Crippen molar-refractivity contribution in [2.75, 3.05) is 6.61 Å². The summed E-state index contributed by atoms with van der Waals surface area (Å²) in [7, 11) is 0. The van der Waals surface area contributed by atoms with Crippen LogP contribution in [0.3, 0.4) is 0 Å². The van der Waals surface area contributed by atoms with Gasteiger partial charge in [-0.15, -0.1) is 0 Å². The van der Waals surface area contributed by atoms with Crippen LogP contribution in [-0.2, 0) is 25.8 Å². The molecule has 0 N–H and O–H groups in total. The average molecular weight is 832 g/mol. The summed E-state index contributed by atoms with van der Waals surface area (Å²) in [5, 5.41) is 3.38. The van der Waals surface area contributed by atoms with Gasteiger partial charge < -0.3 is 4.74 Å². The lowest BCUT2D eigenvalue weighted by Gasteiger charge is -2.47. The molecule has 3 heterocycles. The number of aromatic nitrogens is 3. The zero-order valence-corrected chi connectivity index (χ0v) is 36.4. The Morgan fingerprint density at radius 3 is 1.27 bits per heavy atom. The first-order chi connectivity index (χ1) is 31.5. The lowest BCUT2D eigenvalue weighted by atomic mass is 9.55. The molecule has 12 rings (SSSR count). The van der Waals surface area contributed by atoms with E-state index in [0.29, 0.717) is 19.4 Å². The van der Waals surface area contributed by atoms with Crippen molar-refractivity contribution in [3.8, 4) is 33.8 Å². The Morgan fingerprint density at radius 2 is 0.828 bits per heavy atom. The molecule has 3 aromatic heterocycles. The van der Waals surface area contributed by atoms with Crippen molar-refractivity contribution in [2.24, 2.45) is 0 Å². The first-order valence-corrected chi connectivity index (χ1v) is 23.1. The molecule has 0 saturated carbocycles. The maximum absolute atomic E-state index is 13.8. The van der Waals surface area contributed by atoms with E-state index >= 15 is 0 Å². The van der Waals surface area contributed by atoms with Crippen LogP contribution in [0.5, 0.6) is 0 Å². The highest BCUT2D eigenvalue weighted by atomic mass is 16.5. The molecule has 3 atom stereocenters. The van der Waals surface area contributed by atoms with E-state index < -0.39 is 16.2 Å². The number of unbranched alkanes of at least 4 members (excludes halogenated alkanes) is 1. The summed E-state index contributed by atoms with van der Waals surface area (Å²) >= 11 is 0. The van der Waals surface area contributed by atoms with E-state index in [2.05, 4.69) is 171 Å². The minimum Gasteiger partial charge on any atom is -0.466 e. The monoisotopic (exact) mass is 831 g/mol. The van der Waals surface area contributed by atoms with Crippen LogP contribution >= 0.6 is 0 Å². The van der Waals surface area contributed by atoms with E-state index in [-0.39, 0.29) is 12.4 Å². The topological polar surface area (TPSA) is 65.0 Å². The second-order valence-electron chi connectivity index (χ2n) is 18.4. The molecule has 3 aliphatic carbocycles. The van der Waals surface area contributed by atoms with Gasteiger partial charge in [-0.25, -0.2) is 15.0 Å². The van der Waals surface area contributed by atoms with Crippen LogP contribution < -0.4 is 0 Å². The van der Waals surface area contributed by atoms with E-state index in [9.17, 15) is 4.79 Å². The number of benzene rings is 6. The average Bonchev–Trinajstić information content (AvgIpc) is 3.86. The summed E-state index contributed by atoms with van der Waals surface area (Å²) in [6.07, 6.45) is 5.40. The largest absolute Gasteiger partial charge is 0.466 e. The van der Waals surface area contributed by atoms with Gasteiger partial charge in [0.05, 0.1) is 40.2 Å². The number of fused-ring (bicyclic) bond motifs is 12. The summed E-state index contributed by atoms with van der Waals surface area (Å²) in [5.74, 6) is -0.175. The normalized spacial score (nSPS) is 19.8. The van der Waals surface area contributed by atoms with E-state index in [1.165, 1.54) is 44.5 Å². The predicted molar refractivity (Wildman–Crippen MR) is 259 cm³/mol. The number of carbonyl (C=O) groups is 1. The Bertz CT molecular complexity index is 3360. The number of rotatable bonds is 11. The second-order valence-corrected chi connectivity index (χ2v) is 18.4. The number of carbonyl (C=O) groups excluding carboxylic acids is 1. The molecule has 64 heavy (non-hydrogen) atoms. The van der Waals surface area contributed by atoms with E-state index in [0.717, 1.165) is 81.0 Å². The Balaban J connectivity index is 1.20. The number of nitrogens with zero attached hydrogens (tertiary/aromatic N) is 3. The number of esters is 1. The number of hydrogen-bond donors (Lipinski definition) is 0. The van der Waals surface area contributed by atoms with Gasteiger partial charge in [-0.05, 0) is 102 Å². The quantitative estimate of drug-likeness (QED) is 0.121. The third kappa shape index (κ3) is 5.62. The van der Waals surface area contributed by atoms with Gasteiger partial charge in [0.15, 0.2) is 0 Å². The fraction of sp³-hybridized carbons (Fsp3) is 0.220. The first-order valence-electron chi connectivity index (χ1n) is 23.1. The van der Waals surface area contributed by atoms with Crippen molar-refractivity contribution >= 4 is 38.7 Å². The first kappa shape index (κ1) is 38.7. The van der Waals surface area contributed by atoms with E-state index in [4.69, 9.17) is 19.7 Å². The fourth-order valence-corrected chi connectivity index (χ4v) is 12.4. The summed E-state index contributed by atoms with van der Waals surface area (Å²) < 4.78 is 5.76. The van der Waals surface area contributed by atoms with Crippen molar-refractivity contribution in [3.05, 3.63) is 197 Å². The molecule has 312 valence electrons. The number of para-hydroxylation sites is 3. The molecule has 3 aliphatic rings. The maximum Gasteiger partial charge on any atom is 0.305 e. The van der Waals surface area contributed by atoms with E-state index in [1.54, 1.807) is 0 Å². The van der Waals surface area contributed by atoms with Gasteiger partial charge in [-0.3, -0.25) is 4.79 Å². The number of hydrogen-bond acceptors (Lipinski definition) is 5. The zero-order chi connectivity index (χ0) is 43.0. The molecular formula is C59H49N3O2. The summed E-state index contributed by atoms with van der Waals surface area (Å²) in [6.45, 7) is 4.55. The molecule has 9 aromatic rings.